The Morgan fingerprint density at radius 3 is 2.38 bits per heavy atom. The van der Waals surface area contributed by atoms with Crippen molar-refractivity contribution in [2.75, 3.05) is 18.0 Å². The first-order valence-electron chi connectivity index (χ1n) is 7.71. The third-order valence-corrected chi connectivity index (χ3v) is 4.08. The first-order valence-corrected chi connectivity index (χ1v) is 8.09. The monoisotopic (exact) mass is 344 g/mol. The lowest BCUT2D eigenvalue weighted by molar-refractivity contribution is 0.0847. The predicted molar refractivity (Wildman–Crippen MR) is 92.1 cm³/mol. The van der Waals surface area contributed by atoms with Gasteiger partial charge in [-0.1, -0.05) is 11.6 Å². The summed E-state index contributed by atoms with van der Waals surface area (Å²) in [5.41, 5.74) is 5.69. The minimum absolute atomic E-state index is 0.396. The smallest absolute Gasteiger partial charge is 0.273 e. The number of hydrogen-bond acceptors (Lipinski definition) is 4. The number of aromatic nitrogens is 1. The summed E-state index contributed by atoms with van der Waals surface area (Å²) in [6.45, 7) is 1.77. The number of anilines is 1. The molecule has 0 radical (unpaired) electrons. The zero-order valence-corrected chi connectivity index (χ0v) is 13.7. The van der Waals surface area contributed by atoms with E-state index in [2.05, 4.69) is 20.7 Å². The molecule has 2 amide bonds. The molecule has 2 N–H and O–H groups in total. The molecule has 1 fully saturated rings. The Bertz CT molecular complexity index is 743. The second kappa shape index (κ2) is 7.31. The number of pyridine rings is 1. The minimum atomic E-state index is -0.411. The zero-order valence-electron chi connectivity index (χ0n) is 13.0. The van der Waals surface area contributed by atoms with E-state index in [1.165, 1.54) is 0 Å². The van der Waals surface area contributed by atoms with Crippen LogP contribution in [0.2, 0.25) is 5.02 Å². The highest BCUT2D eigenvalue weighted by Crippen LogP contribution is 2.21. The van der Waals surface area contributed by atoms with Crippen LogP contribution >= 0.6 is 11.6 Å². The maximum atomic E-state index is 12.4. The van der Waals surface area contributed by atoms with Crippen LogP contribution in [-0.2, 0) is 0 Å². The second-order valence-electron chi connectivity index (χ2n) is 5.48. The van der Waals surface area contributed by atoms with Crippen LogP contribution in [0.1, 0.15) is 33.6 Å². The molecule has 0 atom stereocenters. The van der Waals surface area contributed by atoms with Crippen LogP contribution in [0.4, 0.5) is 5.82 Å². The van der Waals surface area contributed by atoms with Crippen molar-refractivity contribution in [2.45, 2.75) is 12.8 Å². The quantitative estimate of drug-likeness (QED) is 0.838. The zero-order chi connectivity index (χ0) is 16.9. The number of carbonyl (C=O) groups excluding carboxylic acids is 2. The molecule has 0 unspecified atom stereocenters. The van der Waals surface area contributed by atoms with Crippen LogP contribution in [-0.4, -0.2) is 29.9 Å². The van der Waals surface area contributed by atoms with Gasteiger partial charge < -0.3 is 4.90 Å². The summed E-state index contributed by atoms with van der Waals surface area (Å²) in [5.74, 6) is -0.160. The van der Waals surface area contributed by atoms with Gasteiger partial charge in [0.25, 0.3) is 11.8 Å². The summed E-state index contributed by atoms with van der Waals surface area (Å²) < 4.78 is 0. The number of hydrogen-bond donors (Lipinski definition) is 2. The Morgan fingerprint density at radius 2 is 1.67 bits per heavy atom. The van der Waals surface area contributed by atoms with E-state index in [9.17, 15) is 9.59 Å². The number of nitrogens with zero attached hydrogens (tertiary/aromatic N) is 2. The Hall–Kier alpha value is -2.60. The van der Waals surface area contributed by atoms with Crippen LogP contribution in [0.5, 0.6) is 0 Å². The summed E-state index contributed by atoms with van der Waals surface area (Å²) in [7, 11) is 0. The highest BCUT2D eigenvalue weighted by Gasteiger charge is 2.20. The fourth-order valence-corrected chi connectivity index (χ4v) is 2.74. The van der Waals surface area contributed by atoms with Gasteiger partial charge in [-0.25, -0.2) is 4.98 Å². The number of hydrazine groups is 1. The molecule has 124 valence electrons. The summed E-state index contributed by atoms with van der Waals surface area (Å²) >= 11 is 5.79. The Morgan fingerprint density at radius 1 is 1.00 bits per heavy atom. The van der Waals surface area contributed by atoms with Gasteiger partial charge in [0.2, 0.25) is 0 Å². The predicted octanol–water partition coefficient (Wildman–Crippen LogP) is 2.41. The molecule has 1 aromatic carbocycles. The molecule has 1 aromatic heterocycles. The lowest BCUT2D eigenvalue weighted by Gasteiger charge is -2.19. The molecule has 0 saturated carbocycles. The Balaban J connectivity index is 1.67. The molecule has 0 aliphatic carbocycles. The van der Waals surface area contributed by atoms with Gasteiger partial charge in [0.1, 0.15) is 5.82 Å². The Kier molecular flexibility index (Phi) is 4.96. The summed E-state index contributed by atoms with van der Waals surface area (Å²) in [4.78, 5) is 30.8. The van der Waals surface area contributed by atoms with Crippen molar-refractivity contribution < 1.29 is 9.59 Å². The van der Waals surface area contributed by atoms with Crippen molar-refractivity contribution in [1.29, 1.82) is 0 Å². The second-order valence-corrected chi connectivity index (χ2v) is 5.92. The van der Waals surface area contributed by atoms with Crippen LogP contribution in [0.25, 0.3) is 0 Å². The van der Waals surface area contributed by atoms with Crippen molar-refractivity contribution in [3.05, 3.63) is 58.7 Å². The lowest BCUT2D eigenvalue weighted by Crippen LogP contribution is -2.42. The Labute approximate surface area is 144 Å². The third kappa shape index (κ3) is 3.65. The van der Waals surface area contributed by atoms with Crippen molar-refractivity contribution in [2.24, 2.45) is 0 Å². The maximum absolute atomic E-state index is 12.4. The molecule has 2 aromatic rings. The first kappa shape index (κ1) is 16.3. The lowest BCUT2D eigenvalue weighted by atomic mass is 10.2. The standard InChI is InChI=1S/C17H17ClN4O2/c18-13-7-5-12(6-8-13)16(23)20-21-17(24)14-4-3-9-19-15(14)22-10-1-2-11-22/h3-9H,1-2,10-11H2,(H,20,23)(H,21,24). The van der Waals surface area contributed by atoms with Gasteiger partial charge in [0.05, 0.1) is 5.56 Å². The third-order valence-electron chi connectivity index (χ3n) is 3.83. The average Bonchev–Trinajstić information content (AvgIpc) is 3.14. The van der Waals surface area contributed by atoms with E-state index in [0.717, 1.165) is 25.9 Å². The van der Waals surface area contributed by atoms with E-state index in [-0.39, 0.29) is 0 Å². The van der Waals surface area contributed by atoms with E-state index < -0.39 is 11.8 Å². The van der Waals surface area contributed by atoms with Gasteiger partial charge in [0, 0.05) is 29.9 Å². The van der Waals surface area contributed by atoms with E-state index in [0.29, 0.717) is 22.0 Å². The van der Waals surface area contributed by atoms with Crippen molar-refractivity contribution in [1.82, 2.24) is 15.8 Å². The molecule has 24 heavy (non-hydrogen) atoms. The number of amides is 2. The fraction of sp³-hybridized carbons (Fsp3) is 0.235. The summed E-state index contributed by atoms with van der Waals surface area (Å²) in [6.07, 6.45) is 3.84. The van der Waals surface area contributed by atoms with E-state index >= 15 is 0 Å². The molecular formula is C17H17ClN4O2. The summed E-state index contributed by atoms with van der Waals surface area (Å²) in [5, 5.41) is 0.543. The van der Waals surface area contributed by atoms with Crippen molar-refractivity contribution in [3.63, 3.8) is 0 Å². The van der Waals surface area contributed by atoms with Gasteiger partial charge in [-0.3, -0.25) is 20.4 Å². The van der Waals surface area contributed by atoms with Crippen LogP contribution < -0.4 is 15.8 Å². The normalized spacial score (nSPS) is 13.6. The van der Waals surface area contributed by atoms with E-state index in [1.807, 2.05) is 0 Å². The van der Waals surface area contributed by atoms with E-state index in [1.54, 1.807) is 42.6 Å². The molecule has 7 heteroatoms. The highest BCUT2D eigenvalue weighted by atomic mass is 35.5. The molecule has 2 heterocycles. The largest absolute Gasteiger partial charge is 0.356 e. The molecule has 1 aliphatic heterocycles. The van der Waals surface area contributed by atoms with Crippen molar-refractivity contribution >= 4 is 29.2 Å². The van der Waals surface area contributed by atoms with Crippen LogP contribution in [0, 0.1) is 0 Å². The number of rotatable bonds is 3. The number of nitrogens with one attached hydrogen (secondary N) is 2. The van der Waals surface area contributed by atoms with E-state index in [4.69, 9.17) is 11.6 Å². The SMILES string of the molecule is O=C(NNC(=O)c1cccnc1N1CCCC1)c1ccc(Cl)cc1. The average molecular weight is 345 g/mol. The van der Waals surface area contributed by atoms with Crippen molar-refractivity contribution in [3.8, 4) is 0 Å². The molecule has 1 saturated heterocycles. The summed E-state index contributed by atoms with van der Waals surface area (Å²) in [6, 6.07) is 9.81. The molecule has 6 nitrogen and oxygen atoms in total. The number of carbonyl (C=O) groups is 2. The molecule has 0 bridgehead atoms. The topological polar surface area (TPSA) is 74.3 Å². The van der Waals surface area contributed by atoms with Crippen LogP contribution in [0.3, 0.4) is 0 Å². The van der Waals surface area contributed by atoms with Gasteiger partial charge in [-0.05, 0) is 49.2 Å². The molecule has 3 rings (SSSR count). The van der Waals surface area contributed by atoms with Gasteiger partial charge >= 0.3 is 0 Å². The molecule has 0 spiro atoms. The number of halogens is 1. The molecule has 1 aliphatic rings. The van der Waals surface area contributed by atoms with Gasteiger partial charge in [0.15, 0.2) is 0 Å². The molecular weight excluding hydrogens is 328 g/mol. The fourth-order valence-electron chi connectivity index (χ4n) is 2.61. The minimum Gasteiger partial charge on any atom is -0.356 e. The highest BCUT2D eigenvalue weighted by molar-refractivity contribution is 6.30. The maximum Gasteiger partial charge on any atom is 0.273 e. The number of benzene rings is 1. The van der Waals surface area contributed by atoms with Gasteiger partial charge in [-0.2, -0.15) is 0 Å². The van der Waals surface area contributed by atoms with Crippen LogP contribution in [0.15, 0.2) is 42.6 Å². The first-order chi connectivity index (χ1) is 11.6. The van der Waals surface area contributed by atoms with Gasteiger partial charge in [-0.15, -0.1) is 0 Å².